The van der Waals surface area contributed by atoms with E-state index >= 15 is 0 Å². The van der Waals surface area contributed by atoms with Gasteiger partial charge in [-0.2, -0.15) is 0 Å². The summed E-state index contributed by atoms with van der Waals surface area (Å²) in [6.07, 6.45) is 4.63. The number of halogens is 2. The van der Waals surface area contributed by atoms with E-state index in [1.54, 1.807) is 0 Å². The van der Waals surface area contributed by atoms with Crippen molar-refractivity contribution in [2.45, 2.75) is 25.3 Å². The Kier molecular flexibility index (Phi) is 3.97. The van der Waals surface area contributed by atoms with Crippen molar-refractivity contribution in [3.63, 3.8) is 0 Å². The zero-order chi connectivity index (χ0) is 19.4. The van der Waals surface area contributed by atoms with Crippen LogP contribution in [0.5, 0.6) is 0 Å². The van der Waals surface area contributed by atoms with Crippen LogP contribution < -0.4 is 10.6 Å². The Morgan fingerprint density at radius 3 is 2.93 bits per heavy atom. The van der Waals surface area contributed by atoms with Crippen LogP contribution in [-0.2, 0) is 4.79 Å². The number of hydrogen-bond acceptors (Lipinski definition) is 6. The molecule has 0 spiro atoms. The first-order chi connectivity index (χ1) is 13.5. The standard InChI is InChI=1S/C18H17F2N5O2Si/c19-8-4-11-14(25-28-17(11)22-5-8)16-21-6-12(20)15(24-16)23-13-9(18(26)27)2-1-7-3-10(7)13/h4-7,9-10,13H,1-3,28H2,(H,26,27)(H,21,23,24)/t7-,9+,10+,13-/m0/s1. The van der Waals surface area contributed by atoms with E-state index in [0.717, 1.165) is 30.6 Å². The van der Waals surface area contributed by atoms with Gasteiger partial charge in [-0.05, 0) is 37.2 Å². The molecule has 0 unspecified atom stereocenters. The van der Waals surface area contributed by atoms with Crippen LogP contribution in [0.25, 0.3) is 0 Å². The number of anilines is 1. The van der Waals surface area contributed by atoms with Gasteiger partial charge in [0.15, 0.2) is 17.5 Å². The second kappa shape index (κ2) is 6.40. The lowest BCUT2D eigenvalue weighted by molar-refractivity contribution is -0.143. The number of nitrogens with zero attached hydrogens (tertiary/aromatic N) is 4. The fourth-order valence-electron chi connectivity index (χ4n) is 4.37. The van der Waals surface area contributed by atoms with Crippen LogP contribution in [0.3, 0.4) is 0 Å². The van der Waals surface area contributed by atoms with Crippen molar-refractivity contribution >= 4 is 32.5 Å². The van der Waals surface area contributed by atoms with Crippen LogP contribution in [0.4, 0.5) is 14.6 Å². The number of pyridine rings is 1. The molecule has 2 N–H and O–H groups in total. The van der Waals surface area contributed by atoms with Crippen molar-refractivity contribution in [1.82, 2.24) is 15.0 Å². The number of aromatic nitrogens is 3. The number of hydrogen-bond donors (Lipinski definition) is 2. The van der Waals surface area contributed by atoms with Gasteiger partial charge in [-0.25, -0.2) is 18.7 Å². The molecule has 2 fully saturated rings. The second-order valence-corrected chi connectivity index (χ2v) is 8.86. The van der Waals surface area contributed by atoms with Crippen LogP contribution in [0, 0.1) is 29.4 Å². The van der Waals surface area contributed by atoms with Gasteiger partial charge < -0.3 is 15.1 Å². The van der Waals surface area contributed by atoms with E-state index in [2.05, 4.69) is 24.9 Å². The van der Waals surface area contributed by atoms with E-state index in [0.29, 0.717) is 23.6 Å². The summed E-state index contributed by atoms with van der Waals surface area (Å²) in [7, 11) is -1.05. The van der Waals surface area contributed by atoms with Gasteiger partial charge in [0, 0.05) is 11.6 Å². The van der Waals surface area contributed by atoms with Crippen LogP contribution in [0.15, 0.2) is 23.1 Å². The van der Waals surface area contributed by atoms with E-state index in [9.17, 15) is 18.7 Å². The minimum absolute atomic E-state index is 0.0315. The molecule has 10 heteroatoms. The van der Waals surface area contributed by atoms with Crippen molar-refractivity contribution in [3.8, 4) is 0 Å². The Morgan fingerprint density at radius 1 is 1.25 bits per heavy atom. The van der Waals surface area contributed by atoms with Gasteiger partial charge in [0.1, 0.15) is 11.5 Å². The van der Waals surface area contributed by atoms with E-state index in [1.807, 2.05) is 0 Å². The molecule has 28 heavy (non-hydrogen) atoms. The SMILES string of the molecule is O=C(O)[C@@H]1CC[C@H]2C[C@H]2[C@H]1Nc1nc(C2=N[SiH2]c3ncc(F)cc32)ncc1F. The van der Waals surface area contributed by atoms with E-state index in [4.69, 9.17) is 0 Å². The number of carbonyl (C=O) groups is 1. The zero-order valence-electron chi connectivity index (χ0n) is 14.8. The monoisotopic (exact) mass is 401 g/mol. The second-order valence-electron chi connectivity index (χ2n) is 7.55. The van der Waals surface area contributed by atoms with Gasteiger partial charge in [-0.3, -0.25) is 9.78 Å². The summed E-state index contributed by atoms with van der Waals surface area (Å²) in [4.78, 5) is 24.0. The Bertz CT molecular complexity index is 1020. The molecule has 2 aromatic rings. The summed E-state index contributed by atoms with van der Waals surface area (Å²) < 4.78 is 32.5. The highest BCUT2D eigenvalue weighted by Crippen LogP contribution is 2.52. The van der Waals surface area contributed by atoms with Gasteiger partial charge in [-0.15, -0.1) is 0 Å². The molecule has 2 saturated carbocycles. The summed E-state index contributed by atoms with van der Waals surface area (Å²) in [5.74, 6) is -1.69. The fourth-order valence-corrected chi connectivity index (χ4v) is 5.60. The van der Waals surface area contributed by atoms with Crippen LogP contribution in [0.2, 0.25) is 0 Å². The lowest BCUT2D eigenvalue weighted by atomic mass is 9.84. The number of aliphatic carboxylic acids is 1. The lowest BCUT2D eigenvalue weighted by Crippen LogP contribution is -2.40. The zero-order valence-corrected chi connectivity index (χ0v) is 16.2. The Hall–Kier alpha value is -2.75. The number of rotatable bonds is 4. The molecule has 0 bridgehead atoms. The van der Waals surface area contributed by atoms with Crippen molar-refractivity contribution in [1.29, 1.82) is 0 Å². The number of fused-ring (bicyclic) bond motifs is 2. The number of carboxylic acid groups (broad SMARTS) is 1. The highest BCUT2D eigenvalue weighted by Gasteiger charge is 2.51. The molecule has 4 atom stereocenters. The first-order valence-electron chi connectivity index (χ1n) is 9.22. The summed E-state index contributed by atoms with van der Waals surface area (Å²) in [6.45, 7) is 0. The number of nitrogens with one attached hydrogen (secondary N) is 1. The maximum absolute atomic E-state index is 14.4. The predicted molar refractivity (Wildman–Crippen MR) is 99.4 cm³/mol. The maximum Gasteiger partial charge on any atom is 0.308 e. The predicted octanol–water partition coefficient (Wildman–Crippen LogP) is 0.621. The average molecular weight is 401 g/mol. The third kappa shape index (κ3) is 2.88. The summed E-state index contributed by atoms with van der Waals surface area (Å²) in [5, 5.41) is 13.3. The molecule has 0 radical (unpaired) electrons. The maximum atomic E-state index is 14.4. The molecule has 3 heterocycles. The van der Waals surface area contributed by atoms with Crippen LogP contribution in [-0.4, -0.2) is 47.5 Å². The van der Waals surface area contributed by atoms with Gasteiger partial charge in [-0.1, -0.05) is 0 Å². The third-order valence-corrected chi connectivity index (χ3v) is 7.21. The summed E-state index contributed by atoms with van der Waals surface area (Å²) in [5.41, 5.74) is 0.965. The normalized spacial score (nSPS) is 28.4. The van der Waals surface area contributed by atoms with Gasteiger partial charge >= 0.3 is 5.97 Å². The Balaban J connectivity index is 1.46. The molecule has 2 aromatic heterocycles. The van der Waals surface area contributed by atoms with E-state index < -0.39 is 33.2 Å². The third-order valence-electron chi connectivity index (χ3n) is 5.88. The minimum Gasteiger partial charge on any atom is -0.481 e. The molecule has 2 aliphatic carbocycles. The molecule has 144 valence electrons. The Morgan fingerprint density at radius 2 is 2.11 bits per heavy atom. The fraction of sp³-hybridized carbons (Fsp3) is 0.389. The van der Waals surface area contributed by atoms with Crippen LogP contribution in [0.1, 0.15) is 30.7 Å². The molecule has 3 aliphatic rings. The van der Waals surface area contributed by atoms with Crippen molar-refractivity contribution in [3.05, 3.63) is 41.5 Å². The molecule has 1 aliphatic heterocycles. The smallest absolute Gasteiger partial charge is 0.308 e. The summed E-state index contributed by atoms with van der Waals surface area (Å²) in [6, 6.07) is 0.983. The van der Waals surface area contributed by atoms with Crippen molar-refractivity contribution in [2.24, 2.45) is 22.4 Å². The molecular weight excluding hydrogens is 384 g/mol. The first-order valence-corrected chi connectivity index (χ1v) is 10.6. The van der Waals surface area contributed by atoms with Gasteiger partial charge in [0.25, 0.3) is 0 Å². The van der Waals surface area contributed by atoms with Crippen molar-refractivity contribution in [2.75, 3.05) is 5.32 Å². The molecule has 7 nitrogen and oxygen atoms in total. The highest BCUT2D eigenvalue weighted by atomic mass is 28.2. The first kappa shape index (κ1) is 17.4. The summed E-state index contributed by atoms with van der Waals surface area (Å²) >= 11 is 0. The van der Waals surface area contributed by atoms with Gasteiger partial charge in [0.05, 0.1) is 23.6 Å². The van der Waals surface area contributed by atoms with Gasteiger partial charge in [0.2, 0.25) is 9.68 Å². The highest BCUT2D eigenvalue weighted by molar-refractivity contribution is 6.59. The van der Waals surface area contributed by atoms with E-state index in [1.165, 1.54) is 6.07 Å². The van der Waals surface area contributed by atoms with Crippen molar-refractivity contribution < 1.29 is 18.7 Å². The van der Waals surface area contributed by atoms with E-state index in [-0.39, 0.29) is 23.6 Å². The molecule has 0 aromatic carbocycles. The number of carboxylic acids is 1. The molecule has 5 rings (SSSR count). The molecule has 0 saturated heterocycles. The Labute approximate surface area is 161 Å². The topological polar surface area (TPSA) is 100 Å². The largest absolute Gasteiger partial charge is 0.481 e. The van der Waals surface area contributed by atoms with Crippen LogP contribution >= 0.6 is 0 Å². The average Bonchev–Trinajstić information content (AvgIpc) is 3.35. The lowest BCUT2D eigenvalue weighted by Gasteiger charge is -2.29. The molecule has 0 amide bonds. The minimum atomic E-state index is -1.05. The quantitative estimate of drug-likeness (QED) is 0.729. The molecular formula is C18H17F2N5O2Si.